The van der Waals surface area contributed by atoms with Crippen LogP contribution in [0.5, 0.6) is 0 Å². The summed E-state index contributed by atoms with van der Waals surface area (Å²) in [6.45, 7) is 6.33. The number of anilines is 1. The third-order valence-electron chi connectivity index (χ3n) is 4.07. The van der Waals surface area contributed by atoms with Crippen molar-refractivity contribution in [2.75, 3.05) is 18.0 Å². The first-order chi connectivity index (χ1) is 9.65. The quantitative estimate of drug-likeness (QED) is 0.909. The summed E-state index contributed by atoms with van der Waals surface area (Å²) in [4.78, 5) is 2.47. The first kappa shape index (κ1) is 13.2. The summed E-state index contributed by atoms with van der Waals surface area (Å²) in [5.41, 5.74) is 3.71. The Kier molecular flexibility index (Phi) is 3.49. The molecule has 1 aliphatic heterocycles. The van der Waals surface area contributed by atoms with Crippen LogP contribution in [0, 0.1) is 6.92 Å². The van der Waals surface area contributed by atoms with Gasteiger partial charge in [0.2, 0.25) is 0 Å². The van der Waals surface area contributed by atoms with E-state index in [0.717, 1.165) is 18.8 Å². The molecule has 1 N–H and O–H groups in total. The highest BCUT2D eigenvalue weighted by atomic mass is 15.3. The van der Waals surface area contributed by atoms with E-state index >= 15 is 0 Å². The van der Waals surface area contributed by atoms with E-state index in [2.05, 4.69) is 65.7 Å². The number of piperazine rings is 1. The number of hydrogen-bond acceptors (Lipinski definition) is 3. The van der Waals surface area contributed by atoms with Crippen LogP contribution >= 0.6 is 0 Å². The molecule has 4 nitrogen and oxygen atoms in total. The van der Waals surface area contributed by atoms with Crippen LogP contribution in [0.15, 0.2) is 36.5 Å². The topological polar surface area (TPSA) is 33.1 Å². The maximum Gasteiger partial charge on any atom is 0.0827 e. The van der Waals surface area contributed by atoms with Crippen molar-refractivity contribution in [3.8, 4) is 0 Å². The Morgan fingerprint density at radius 2 is 2.00 bits per heavy atom. The molecular formula is C16H22N4. The number of nitrogens with zero attached hydrogens (tertiary/aromatic N) is 3. The van der Waals surface area contributed by atoms with Gasteiger partial charge in [-0.25, -0.2) is 0 Å². The van der Waals surface area contributed by atoms with Gasteiger partial charge in [0.1, 0.15) is 0 Å². The summed E-state index contributed by atoms with van der Waals surface area (Å²) in [5.74, 6) is 0. The van der Waals surface area contributed by atoms with Crippen molar-refractivity contribution in [3.05, 3.63) is 47.8 Å². The van der Waals surface area contributed by atoms with Crippen molar-refractivity contribution in [2.24, 2.45) is 7.05 Å². The number of nitrogens with one attached hydrogen (secondary N) is 1. The molecule has 0 aliphatic carbocycles. The zero-order valence-corrected chi connectivity index (χ0v) is 12.4. The van der Waals surface area contributed by atoms with E-state index in [1.165, 1.54) is 11.3 Å². The second-order valence-electron chi connectivity index (χ2n) is 5.65. The van der Waals surface area contributed by atoms with Gasteiger partial charge in [-0.15, -0.1) is 0 Å². The third kappa shape index (κ3) is 2.43. The first-order valence-corrected chi connectivity index (χ1v) is 7.20. The number of benzene rings is 1. The molecule has 1 aromatic heterocycles. The van der Waals surface area contributed by atoms with Crippen molar-refractivity contribution in [2.45, 2.75) is 25.9 Å². The fourth-order valence-electron chi connectivity index (χ4n) is 2.98. The number of rotatable bonds is 2. The Morgan fingerprint density at radius 3 is 2.65 bits per heavy atom. The summed E-state index contributed by atoms with van der Waals surface area (Å²) >= 11 is 0. The highest BCUT2D eigenvalue weighted by molar-refractivity contribution is 5.51. The molecule has 2 heterocycles. The van der Waals surface area contributed by atoms with Crippen molar-refractivity contribution in [1.29, 1.82) is 0 Å². The van der Waals surface area contributed by atoms with Crippen LogP contribution in [-0.4, -0.2) is 28.9 Å². The normalized spacial score (nSPS) is 23.1. The molecule has 2 atom stereocenters. The Morgan fingerprint density at radius 1 is 1.25 bits per heavy atom. The fourth-order valence-corrected chi connectivity index (χ4v) is 2.98. The SMILES string of the molecule is Cc1nn(C)cc1N1CC(c2ccccc2)NCC1C. The molecule has 1 aromatic carbocycles. The van der Waals surface area contributed by atoms with Crippen LogP contribution < -0.4 is 10.2 Å². The summed E-state index contributed by atoms with van der Waals surface area (Å²) in [6, 6.07) is 11.5. The molecular weight excluding hydrogens is 248 g/mol. The van der Waals surface area contributed by atoms with Crippen LogP contribution in [0.3, 0.4) is 0 Å². The van der Waals surface area contributed by atoms with Gasteiger partial charge < -0.3 is 10.2 Å². The summed E-state index contributed by atoms with van der Waals surface area (Å²) in [7, 11) is 1.98. The van der Waals surface area contributed by atoms with Gasteiger partial charge in [0.15, 0.2) is 0 Å². The largest absolute Gasteiger partial charge is 0.363 e. The molecule has 106 valence electrons. The Hall–Kier alpha value is -1.81. The van der Waals surface area contributed by atoms with Crippen LogP contribution in [0.2, 0.25) is 0 Å². The molecule has 2 aromatic rings. The maximum atomic E-state index is 4.47. The van der Waals surface area contributed by atoms with Gasteiger partial charge in [0.05, 0.1) is 11.4 Å². The second-order valence-corrected chi connectivity index (χ2v) is 5.65. The Bertz CT molecular complexity index is 575. The molecule has 2 unspecified atom stereocenters. The van der Waals surface area contributed by atoms with Gasteiger partial charge in [-0.3, -0.25) is 4.68 Å². The van der Waals surface area contributed by atoms with Gasteiger partial charge in [-0.1, -0.05) is 30.3 Å². The van der Waals surface area contributed by atoms with Gasteiger partial charge >= 0.3 is 0 Å². The molecule has 1 fully saturated rings. The lowest BCUT2D eigenvalue weighted by Crippen LogP contribution is -2.51. The van der Waals surface area contributed by atoms with Gasteiger partial charge in [-0.2, -0.15) is 5.10 Å². The second kappa shape index (κ2) is 5.29. The van der Waals surface area contributed by atoms with Crippen LogP contribution in [0.1, 0.15) is 24.2 Å². The van der Waals surface area contributed by atoms with Gasteiger partial charge in [-0.05, 0) is 19.4 Å². The zero-order valence-electron chi connectivity index (χ0n) is 12.4. The van der Waals surface area contributed by atoms with E-state index in [4.69, 9.17) is 0 Å². The highest BCUT2D eigenvalue weighted by Crippen LogP contribution is 2.27. The third-order valence-corrected chi connectivity index (χ3v) is 4.07. The minimum atomic E-state index is 0.381. The molecule has 0 amide bonds. The van der Waals surface area contributed by atoms with Crippen molar-refractivity contribution in [3.63, 3.8) is 0 Å². The lowest BCUT2D eigenvalue weighted by molar-refractivity contribution is 0.414. The molecule has 20 heavy (non-hydrogen) atoms. The van der Waals surface area contributed by atoms with Crippen molar-refractivity contribution >= 4 is 5.69 Å². The molecule has 1 aliphatic rings. The fraction of sp³-hybridized carbons (Fsp3) is 0.438. The number of hydrogen-bond donors (Lipinski definition) is 1. The van der Waals surface area contributed by atoms with Gasteiger partial charge in [0, 0.05) is 38.4 Å². The number of aromatic nitrogens is 2. The number of aryl methyl sites for hydroxylation is 2. The minimum Gasteiger partial charge on any atom is -0.363 e. The van der Waals surface area contributed by atoms with Crippen LogP contribution in [0.4, 0.5) is 5.69 Å². The molecule has 3 rings (SSSR count). The molecule has 0 bridgehead atoms. The van der Waals surface area contributed by atoms with E-state index in [-0.39, 0.29) is 0 Å². The summed E-state index contributed by atoms with van der Waals surface area (Å²) in [6.07, 6.45) is 2.12. The summed E-state index contributed by atoms with van der Waals surface area (Å²) < 4.78 is 1.90. The molecule has 0 radical (unpaired) electrons. The molecule has 0 spiro atoms. The average Bonchev–Trinajstić information content (AvgIpc) is 2.79. The van der Waals surface area contributed by atoms with Crippen LogP contribution in [-0.2, 0) is 7.05 Å². The molecule has 4 heteroatoms. The van der Waals surface area contributed by atoms with Crippen LogP contribution in [0.25, 0.3) is 0 Å². The summed E-state index contributed by atoms with van der Waals surface area (Å²) in [5, 5.41) is 8.12. The predicted octanol–water partition coefficient (Wildman–Crippen LogP) is 2.27. The first-order valence-electron chi connectivity index (χ1n) is 7.20. The Balaban J connectivity index is 1.85. The zero-order chi connectivity index (χ0) is 14.1. The van der Waals surface area contributed by atoms with Crippen molar-refractivity contribution < 1.29 is 0 Å². The van der Waals surface area contributed by atoms with E-state index in [1.54, 1.807) is 0 Å². The smallest absolute Gasteiger partial charge is 0.0827 e. The maximum absolute atomic E-state index is 4.47. The standard InChI is InChI=1S/C16H22N4/c1-12-9-17-15(14-7-5-4-6-8-14)10-20(12)16-11-19(3)18-13(16)2/h4-8,11-12,15,17H,9-10H2,1-3H3. The van der Waals surface area contributed by atoms with E-state index < -0.39 is 0 Å². The minimum absolute atomic E-state index is 0.381. The van der Waals surface area contributed by atoms with Crippen molar-refractivity contribution in [1.82, 2.24) is 15.1 Å². The highest BCUT2D eigenvalue weighted by Gasteiger charge is 2.27. The monoisotopic (exact) mass is 270 g/mol. The van der Waals surface area contributed by atoms with E-state index in [9.17, 15) is 0 Å². The van der Waals surface area contributed by atoms with E-state index in [0.29, 0.717) is 12.1 Å². The molecule has 0 saturated carbocycles. The lowest BCUT2D eigenvalue weighted by atomic mass is 10.0. The lowest BCUT2D eigenvalue weighted by Gasteiger charge is -2.40. The molecule has 1 saturated heterocycles. The van der Waals surface area contributed by atoms with E-state index in [1.807, 2.05) is 11.7 Å². The average molecular weight is 270 g/mol. The van der Waals surface area contributed by atoms with Gasteiger partial charge in [0.25, 0.3) is 0 Å². The Labute approximate surface area is 120 Å². The predicted molar refractivity (Wildman–Crippen MR) is 81.9 cm³/mol.